The Kier molecular flexibility index (Phi) is 8.35. The van der Waals surface area contributed by atoms with Crippen molar-refractivity contribution in [3.63, 3.8) is 0 Å². The molecule has 5 nitrogen and oxygen atoms in total. The van der Waals surface area contributed by atoms with Crippen LogP contribution in [0.5, 0.6) is 5.75 Å². The van der Waals surface area contributed by atoms with Gasteiger partial charge in [0.05, 0.1) is 12.6 Å². The van der Waals surface area contributed by atoms with Crippen molar-refractivity contribution >= 4 is 35.6 Å². The minimum absolute atomic E-state index is 0. The first-order chi connectivity index (χ1) is 12.1. The van der Waals surface area contributed by atoms with Crippen molar-refractivity contribution in [2.24, 2.45) is 10.7 Å². The minimum atomic E-state index is -4.75. The smallest absolute Gasteiger partial charge is 0.406 e. The van der Waals surface area contributed by atoms with Gasteiger partial charge in [0.25, 0.3) is 0 Å². The Morgan fingerprint density at radius 1 is 1.15 bits per heavy atom. The number of nitrogens with two attached hydrogens (primary N) is 1. The predicted octanol–water partition coefficient (Wildman–Crippen LogP) is 4.28. The van der Waals surface area contributed by atoms with Gasteiger partial charge in [-0.1, -0.05) is 18.2 Å². The summed E-state index contributed by atoms with van der Waals surface area (Å²) in [5.74, 6) is -0.225. The number of benzene rings is 2. The second-order valence-electron chi connectivity index (χ2n) is 5.78. The quantitative estimate of drug-likeness (QED) is 0.329. The van der Waals surface area contributed by atoms with Gasteiger partial charge in [0.15, 0.2) is 5.96 Å². The molecule has 148 valence electrons. The van der Waals surface area contributed by atoms with E-state index in [1.54, 1.807) is 0 Å². The second-order valence-corrected chi connectivity index (χ2v) is 5.78. The SMILES string of the molecule is Cc1ccc(NC(N)=NCC(O)c2ccc(OC(F)(F)F)cc2)cc1C.I. The number of alkyl halides is 3. The van der Waals surface area contributed by atoms with Crippen LogP contribution in [0.15, 0.2) is 47.5 Å². The molecule has 27 heavy (non-hydrogen) atoms. The van der Waals surface area contributed by atoms with Crippen LogP contribution in [-0.2, 0) is 0 Å². The lowest BCUT2D eigenvalue weighted by molar-refractivity contribution is -0.274. The van der Waals surface area contributed by atoms with Crippen LogP contribution in [0.1, 0.15) is 22.8 Å². The number of ether oxygens (including phenoxy) is 1. The molecule has 0 amide bonds. The average molecular weight is 495 g/mol. The summed E-state index contributed by atoms with van der Waals surface area (Å²) >= 11 is 0. The molecule has 0 spiro atoms. The summed E-state index contributed by atoms with van der Waals surface area (Å²) in [7, 11) is 0. The number of guanidine groups is 1. The molecule has 2 aromatic rings. The van der Waals surface area contributed by atoms with Crippen LogP contribution >= 0.6 is 24.0 Å². The molecule has 0 aliphatic heterocycles. The van der Waals surface area contributed by atoms with Crippen LogP contribution in [0.25, 0.3) is 0 Å². The molecule has 2 rings (SSSR count). The molecule has 2 aromatic carbocycles. The number of aliphatic hydroxyl groups excluding tert-OH is 1. The van der Waals surface area contributed by atoms with Crippen LogP contribution in [0.3, 0.4) is 0 Å². The van der Waals surface area contributed by atoms with Crippen LogP contribution in [0.2, 0.25) is 0 Å². The van der Waals surface area contributed by atoms with Gasteiger partial charge in [-0.05, 0) is 54.8 Å². The number of hydrogen-bond donors (Lipinski definition) is 3. The highest BCUT2D eigenvalue weighted by atomic mass is 127. The number of aryl methyl sites for hydroxylation is 2. The van der Waals surface area contributed by atoms with E-state index in [-0.39, 0.29) is 42.2 Å². The van der Waals surface area contributed by atoms with E-state index < -0.39 is 12.5 Å². The van der Waals surface area contributed by atoms with E-state index in [0.29, 0.717) is 5.56 Å². The van der Waals surface area contributed by atoms with E-state index in [1.807, 2.05) is 32.0 Å². The normalized spacial score (nSPS) is 12.9. The summed E-state index contributed by atoms with van der Waals surface area (Å²) in [5.41, 5.74) is 9.23. The maximum absolute atomic E-state index is 12.1. The Labute approximate surface area is 172 Å². The zero-order chi connectivity index (χ0) is 19.3. The Morgan fingerprint density at radius 3 is 2.33 bits per heavy atom. The maximum Gasteiger partial charge on any atom is 0.573 e. The van der Waals surface area contributed by atoms with Gasteiger partial charge in [-0.2, -0.15) is 0 Å². The van der Waals surface area contributed by atoms with Gasteiger partial charge in [0, 0.05) is 5.69 Å². The van der Waals surface area contributed by atoms with Crippen LogP contribution in [0, 0.1) is 13.8 Å². The Bertz CT molecular complexity index is 780. The van der Waals surface area contributed by atoms with E-state index in [4.69, 9.17) is 5.73 Å². The molecule has 1 unspecified atom stereocenters. The largest absolute Gasteiger partial charge is 0.573 e. The summed E-state index contributed by atoms with van der Waals surface area (Å²) in [6.45, 7) is 3.94. The van der Waals surface area contributed by atoms with Gasteiger partial charge in [0.2, 0.25) is 0 Å². The lowest BCUT2D eigenvalue weighted by Gasteiger charge is -2.12. The molecule has 0 radical (unpaired) electrons. The third-order valence-electron chi connectivity index (χ3n) is 3.71. The number of nitrogens with zero attached hydrogens (tertiary/aromatic N) is 1. The third-order valence-corrected chi connectivity index (χ3v) is 3.71. The first-order valence-corrected chi connectivity index (χ1v) is 7.82. The van der Waals surface area contributed by atoms with Crippen molar-refractivity contribution in [2.45, 2.75) is 26.3 Å². The van der Waals surface area contributed by atoms with Crippen LogP contribution < -0.4 is 15.8 Å². The monoisotopic (exact) mass is 495 g/mol. The molecule has 0 aromatic heterocycles. The summed E-state index contributed by atoms with van der Waals surface area (Å²) in [6.07, 6.45) is -5.76. The van der Waals surface area contributed by atoms with Crippen molar-refractivity contribution < 1.29 is 23.0 Å². The van der Waals surface area contributed by atoms with Crippen molar-refractivity contribution in [3.05, 3.63) is 59.2 Å². The summed E-state index contributed by atoms with van der Waals surface area (Å²) in [6, 6.07) is 10.7. The van der Waals surface area contributed by atoms with Gasteiger partial charge in [-0.15, -0.1) is 37.1 Å². The standard InChI is InChI=1S/C18H20F3N3O2.HI/c1-11-3-6-14(9-12(11)2)24-17(22)23-10-16(25)13-4-7-15(8-5-13)26-18(19,20)21;/h3-9,16,25H,10H2,1-2H3,(H3,22,23,24);1H. The lowest BCUT2D eigenvalue weighted by atomic mass is 10.1. The molecule has 0 saturated heterocycles. The summed E-state index contributed by atoms with van der Waals surface area (Å²) in [5, 5.41) is 13.0. The predicted molar refractivity (Wildman–Crippen MR) is 110 cm³/mol. The lowest BCUT2D eigenvalue weighted by Crippen LogP contribution is -2.23. The van der Waals surface area contributed by atoms with E-state index in [1.165, 1.54) is 12.1 Å². The minimum Gasteiger partial charge on any atom is -0.406 e. The topological polar surface area (TPSA) is 79.9 Å². The maximum atomic E-state index is 12.1. The first-order valence-electron chi connectivity index (χ1n) is 7.82. The Hall–Kier alpha value is -2.01. The number of nitrogens with one attached hydrogen (secondary N) is 1. The van der Waals surface area contributed by atoms with Gasteiger partial charge in [-0.3, -0.25) is 4.99 Å². The van der Waals surface area contributed by atoms with Crippen molar-refractivity contribution in [1.29, 1.82) is 0 Å². The van der Waals surface area contributed by atoms with Gasteiger partial charge >= 0.3 is 6.36 Å². The number of halogens is 4. The molecule has 0 heterocycles. The van der Waals surface area contributed by atoms with E-state index in [2.05, 4.69) is 15.0 Å². The molecular weight excluding hydrogens is 474 g/mol. The number of rotatable bonds is 5. The van der Waals surface area contributed by atoms with E-state index in [0.717, 1.165) is 28.9 Å². The molecule has 1 atom stereocenters. The summed E-state index contributed by atoms with van der Waals surface area (Å²) in [4.78, 5) is 4.05. The molecule has 0 aliphatic carbocycles. The fraction of sp³-hybridized carbons (Fsp3) is 0.278. The number of anilines is 1. The highest BCUT2D eigenvalue weighted by Gasteiger charge is 2.31. The fourth-order valence-corrected chi connectivity index (χ4v) is 2.19. The zero-order valence-electron chi connectivity index (χ0n) is 14.7. The highest BCUT2D eigenvalue weighted by Crippen LogP contribution is 2.24. The van der Waals surface area contributed by atoms with Crippen LogP contribution in [-0.4, -0.2) is 24.0 Å². The number of aliphatic hydroxyl groups is 1. The first kappa shape index (κ1) is 23.0. The Balaban J connectivity index is 0.00000364. The molecule has 9 heteroatoms. The fourth-order valence-electron chi connectivity index (χ4n) is 2.19. The van der Waals surface area contributed by atoms with Gasteiger partial charge < -0.3 is 20.9 Å². The molecule has 4 N–H and O–H groups in total. The summed E-state index contributed by atoms with van der Waals surface area (Å²) < 4.78 is 40.2. The van der Waals surface area contributed by atoms with Crippen molar-refractivity contribution in [1.82, 2.24) is 0 Å². The third kappa shape index (κ3) is 7.63. The van der Waals surface area contributed by atoms with Crippen molar-refractivity contribution in [2.75, 3.05) is 11.9 Å². The molecule has 0 aliphatic rings. The highest BCUT2D eigenvalue weighted by molar-refractivity contribution is 14.0. The zero-order valence-corrected chi connectivity index (χ0v) is 17.1. The van der Waals surface area contributed by atoms with Gasteiger partial charge in [0.1, 0.15) is 5.75 Å². The molecule has 0 fully saturated rings. The van der Waals surface area contributed by atoms with Gasteiger partial charge in [-0.25, -0.2) is 0 Å². The van der Waals surface area contributed by atoms with Crippen molar-refractivity contribution in [3.8, 4) is 5.75 Å². The number of aliphatic imine (C=N–C) groups is 1. The second kappa shape index (κ2) is 9.79. The average Bonchev–Trinajstić information content (AvgIpc) is 2.55. The number of hydrogen-bond acceptors (Lipinski definition) is 3. The molecule has 0 saturated carbocycles. The molecule has 0 bridgehead atoms. The Morgan fingerprint density at radius 2 is 1.78 bits per heavy atom. The van der Waals surface area contributed by atoms with E-state index in [9.17, 15) is 18.3 Å². The van der Waals surface area contributed by atoms with E-state index >= 15 is 0 Å². The van der Waals surface area contributed by atoms with Crippen LogP contribution in [0.4, 0.5) is 18.9 Å². The molecular formula is C18H21F3IN3O2.